The van der Waals surface area contributed by atoms with Crippen LogP contribution in [0.4, 0.5) is 0 Å². The molecule has 1 aliphatic heterocycles. The first-order chi connectivity index (χ1) is 9.79. The van der Waals surface area contributed by atoms with Gasteiger partial charge in [0.2, 0.25) is 0 Å². The van der Waals surface area contributed by atoms with E-state index in [2.05, 4.69) is 28.5 Å². The molecule has 1 aromatic rings. The largest absolute Gasteiger partial charge is 0.361 e. The fourth-order valence-electron chi connectivity index (χ4n) is 4.28. The quantitative estimate of drug-likeness (QED) is 0.766. The molecule has 0 radical (unpaired) electrons. The number of hydrogen-bond acceptors (Lipinski definition) is 2. The Labute approximate surface area is 130 Å². The molecule has 1 nitrogen and oxygen atoms in total. The van der Waals surface area contributed by atoms with E-state index in [9.17, 15) is 0 Å². The summed E-state index contributed by atoms with van der Waals surface area (Å²) in [5, 5.41) is 3.14. The highest BCUT2D eigenvalue weighted by Gasteiger charge is 2.40. The van der Waals surface area contributed by atoms with Crippen LogP contribution in [-0.4, -0.2) is 17.3 Å². The molecule has 1 heterocycles. The summed E-state index contributed by atoms with van der Waals surface area (Å²) in [4.78, 5) is 2.57. The minimum atomic E-state index is 0.833. The Bertz CT molecular complexity index is 542. The van der Waals surface area contributed by atoms with Gasteiger partial charge >= 0.3 is 0 Å². The van der Waals surface area contributed by atoms with Gasteiger partial charge in [-0.2, -0.15) is 0 Å². The second-order valence-corrected chi connectivity index (χ2v) is 7.73. The summed E-state index contributed by atoms with van der Waals surface area (Å²) >= 11 is 8.06. The third-order valence-electron chi connectivity index (χ3n) is 5.23. The Morgan fingerprint density at radius 1 is 1.25 bits per heavy atom. The molecule has 4 rings (SSSR count). The van der Waals surface area contributed by atoms with Gasteiger partial charge in [0.05, 0.1) is 11.6 Å². The van der Waals surface area contributed by atoms with Crippen molar-refractivity contribution in [3.63, 3.8) is 0 Å². The van der Waals surface area contributed by atoms with Crippen LogP contribution in [0, 0.1) is 17.8 Å². The molecule has 0 spiro atoms. The number of thioether (sulfide) groups is 1. The van der Waals surface area contributed by atoms with E-state index in [-0.39, 0.29) is 0 Å². The van der Waals surface area contributed by atoms with E-state index in [4.69, 9.17) is 11.6 Å². The van der Waals surface area contributed by atoms with Crippen molar-refractivity contribution in [2.75, 3.05) is 12.4 Å². The smallest absolute Gasteiger partial charge is 0.0681 e. The third-order valence-corrected chi connectivity index (χ3v) is 6.31. The fraction of sp³-hybridized carbons (Fsp3) is 0.529. The van der Waals surface area contributed by atoms with Crippen LogP contribution < -0.4 is 0 Å². The molecule has 20 heavy (non-hydrogen) atoms. The molecule has 2 fully saturated rings. The van der Waals surface area contributed by atoms with E-state index >= 15 is 0 Å². The maximum Gasteiger partial charge on any atom is 0.0681 e. The van der Waals surface area contributed by atoms with Crippen LogP contribution in [0.3, 0.4) is 0 Å². The van der Waals surface area contributed by atoms with Crippen molar-refractivity contribution in [1.82, 2.24) is 4.90 Å². The third kappa shape index (κ3) is 2.37. The zero-order valence-corrected chi connectivity index (χ0v) is 13.2. The Morgan fingerprint density at radius 3 is 2.95 bits per heavy atom. The molecule has 0 N–H and O–H groups in total. The monoisotopic (exact) mass is 305 g/mol. The van der Waals surface area contributed by atoms with Gasteiger partial charge in [-0.25, -0.2) is 0 Å². The molecule has 0 saturated heterocycles. The van der Waals surface area contributed by atoms with E-state index in [0.29, 0.717) is 0 Å². The lowest BCUT2D eigenvalue weighted by atomic mass is 9.88. The van der Waals surface area contributed by atoms with Crippen molar-refractivity contribution in [3.8, 4) is 0 Å². The minimum absolute atomic E-state index is 0.833. The van der Waals surface area contributed by atoms with E-state index < -0.39 is 0 Å². The second-order valence-electron chi connectivity index (χ2n) is 6.47. The first-order valence-corrected chi connectivity index (χ1v) is 9.05. The lowest BCUT2D eigenvalue weighted by molar-refractivity contribution is 0.267. The normalized spacial score (nSPS) is 31.9. The predicted molar refractivity (Wildman–Crippen MR) is 87.5 cm³/mol. The number of hydrogen-bond donors (Lipinski definition) is 0. The Morgan fingerprint density at radius 2 is 2.20 bits per heavy atom. The molecule has 0 amide bonds. The van der Waals surface area contributed by atoms with Gasteiger partial charge in [-0.15, -0.1) is 11.8 Å². The highest BCUT2D eigenvalue weighted by atomic mass is 35.5. The maximum atomic E-state index is 6.14. The van der Waals surface area contributed by atoms with Crippen molar-refractivity contribution < 1.29 is 0 Å². The molecular weight excluding hydrogens is 286 g/mol. The molecular formula is C17H20ClNS. The summed E-state index contributed by atoms with van der Waals surface area (Å²) in [7, 11) is 0. The highest BCUT2D eigenvalue weighted by Crippen LogP contribution is 2.49. The van der Waals surface area contributed by atoms with E-state index in [0.717, 1.165) is 28.7 Å². The number of nitrogens with zero attached hydrogens (tertiary/aromatic N) is 1. The van der Waals surface area contributed by atoms with Crippen LogP contribution in [0.25, 0.3) is 5.70 Å². The van der Waals surface area contributed by atoms with Crippen LogP contribution in [0.15, 0.2) is 29.7 Å². The minimum Gasteiger partial charge on any atom is -0.361 e. The SMILES string of the molecule is Clc1cccc(C2=CSCN2CC2CC3CCC2C3)c1. The number of fused-ring (bicyclic) bond motifs is 2. The molecule has 3 aliphatic rings. The van der Waals surface area contributed by atoms with Crippen LogP contribution >= 0.6 is 23.4 Å². The first-order valence-electron chi connectivity index (χ1n) is 7.62. The predicted octanol–water partition coefficient (Wildman–Crippen LogP) is 5.08. The zero-order chi connectivity index (χ0) is 13.5. The Balaban J connectivity index is 1.50. The first kappa shape index (κ1) is 13.1. The average molecular weight is 306 g/mol. The Hall–Kier alpha value is -0.600. The molecule has 2 aliphatic carbocycles. The van der Waals surface area contributed by atoms with Gasteiger partial charge in [0.25, 0.3) is 0 Å². The Kier molecular flexibility index (Phi) is 3.47. The molecule has 106 valence electrons. The van der Waals surface area contributed by atoms with Crippen molar-refractivity contribution >= 4 is 29.1 Å². The topological polar surface area (TPSA) is 3.24 Å². The zero-order valence-electron chi connectivity index (χ0n) is 11.6. The molecule has 3 heteroatoms. The van der Waals surface area contributed by atoms with Gasteiger partial charge < -0.3 is 4.90 Å². The van der Waals surface area contributed by atoms with Crippen molar-refractivity contribution in [1.29, 1.82) is 0 Å². The van der Waals surface area contributed by atoms with Crippen molar-refractivity contribution in [3.05, 3.63) is 40.3 Å². The fourth-order valence-corrected chi connectivity index (χ4v) is 5.42. The van der Waals surface area contributed by atoms with Gasteiger partial charge in [-0.3, -0.25) is 0 Å². The van der Waals surface area contributed by atoms with Gasteiger partial charge in [0.1, 0.15) is 0 Å². The van der Waals surface area contributed by atoms with E-state index in [1.165, 1.54) is 43.5 Å². The number of rotatable bonds is 3. The van der Waals surface area contributed by atoms with E-state index in [1.807, 2.05) is 17.8 Å². The van der Waals surface area contributed by atoms with Crippen LogP contribution in [0.5, 0.6) is 0 Å². The van der Waals surface area contributed by atoms with E-state index in [1.54, 1.807) is 0 Å². The number of benzene rings is 1. The summed E-state index contributed by atoms with van der Waals surface area (Å²) in [6, 6.07) is 8.27. The lowest BCUT2D eigenvalue weighted by Gasteiger charge is -2.30. The number of halogens is 1. The second kappa shape index (κ2) is 5.31. The maximum absolute atomic E-state index is 6.14. The highest BCUT2D eigenvalue weighted by molar-refractivity contribution is 8.02. The molecule has 3 unspecified atom stereocenters. The lowest BCUT2D eigenvalue weighted by Crippen LogP contribution is -2.28. The summed E-state index contributed by atoms with van der Waals surface area (Å²) in [6.07, 6.45) is 5.94. The van der Waals surface area contributed by atoms with Gasteiger partial charge in [0, 0.05) is 11.6 Å². The summed E-state index contributed by atoms with van der Waals surface area (Å²) < 4.78 is 0. The molecule has 1 aromatic carbocycles. The average Bonchev–Trinajstić information content (AvgIpc) is 3.14. The molecule has 0 aromatic heterocycles. The molecule has 2 saturated carbocycles. The standard InChI is InChI=1S/C17H20ClNS/c18-16-3-1-2-14(8-16)17-10-20-11-19(17)9-15-7-12-4-5-13(15)6-12/h1-3,8,10,12-13,15H,4-7,9,11H2. The molecule has 2 bridgehead atoms. The van der Waals surface area contributed by atoms with Crippen LogP contribution in [0.2, 0.25) is 5.02 Å². The summed E-state index contributed by atoms with van der Waals surface area (Å²) in [5.41, 5.74) is 2.64. The summed E-state index contributed by atoms with van der Waals surface area (Å²) in [5.74, 6) is 4.08. The van der Waals surface area contributed by atoms with Crippen molar-refractivity contribution in [2.24, 2.45) is 17.8 Å². The van der Waals surface area contributed by atoms with Crippen molar-refractivity contribution in [2.45, 2.75) is 25.7 Å². The molecule has 3 atom stereocenters. The summed E-state index contributed by atoms with van der Waals surface area (Å²) in [6.45, 7) is 1.24. The van der Waals surface area contributed by atoms with Crippen LogP contribution in [-0.2, 0) is 0 Å². The van der Waals surface area contributed by atoms with Gasteiger partial charge in [-0.1, -0.05) is 30.2 Å². The van der Waals surface area contributed by atoms with Crippen LogP contribution in [0.1, 0.15) is 31.2 Å². The van der Waals surface area contributed by atoms with Gasteiger partial charge in [-0.05, 0) is 60.1 Å². The van der Waals surface area contributed by atoms with Gasteiger partial charge in [0.15, 0.2) is 0 Å².